The molecule has 0 unspecified atom stereocenters. The largest absolute Gasteiger partial charge is 0.448 e. The molecule has 0 aromatic carbocycles. The normalized spacial score (nSPS) is 5.60. The maximum absolute atomic E-state index is 8.76. The summed E-state index contributed by atoms with van der Waals surface area (Å²) >= 11 is 0. The van der Waals surface area contributed by atoms with Crippen LogP contribution in [-0.2, 0) is 9.63 Å². The summed E-state index contributed by atoms with van der Waals surface area (Å²) in [4.78, 5) is 20.5. The fraction of sp³-hybridized carbons (Fsp3) is 0. The van der Waals surface area contributed by atoms with Gasteiger partial charge in [-0.1, -0.05) is 0 Å². The molecule has 0 aromatic heterocycles. The van der Waals surface area contributed by atoms with Crippen molar-refractivity contribution in [3.8, 4) is 0 Å². The van der Waals surface area contributed by atoms with Crippen LogP contribution in [0.3, 0.4) is 0 Å². The van der Waals surface area contributed by atoms with Gasteiger partial charge in [-0.3, -0.25) is 4.84 Å². The van der Waals surface area contributed by atoms with Gasteiger partial charge in [0.05, 0.1) is 0 Å². The Morgan fingerprint density at radius 3 is 2.40 bits per heavy atom. The summed E-state index contributed by atoms with van der Waals surface area (Å²) < 4.78 is 0. The van der Waals surface area contributed by atoms with Crippen LogP contribution in [0.15, 0.2) is 5.34 Å². The molecule has 0 aliphatic heterocycles. The molecule has 1 radical (unpaired) electrons. The molecule has 0 rings (SSSR count). The van der Waals surface area contributed by atoms with Gasteiger partial charge >= 0.3 is 6.47 Å². The Hall–Kier alpha value is -0.930. The molecule has 0 spiro atoms. The summed E-state index contributed by atoms with van der Waals surface area (Å²) in [5, 5.41) is 1.68. The summed E-state index contributed by atoms with van der Waals surface area (Å²) in [6, 6.07) is 0. The summed E-state index contributed by atoms with van der Waals surface area (Å²) in [5.74, 6) is 0. The van der Waals surface area contributed by atoms with E-state index in [0.717, 1.165) is 6.47 Å². The highest BCUT2D eigenvalue weighted by atomic mass is 16.7. The first kappa shape index (κ1) is 4.07. The third-order valence-electron chi connectivity index (χ3n) is 0.0745. The average Bonchev–Trinajstić information content (AvgIpc) is 1.41. The molecule has 0 aromatic rings. The van der Waals surface area contributed by atoms with E-state index in [1.807, 2.05) is 0 Å². The topological polar surface area (TPSA) is 55.7 Å². The van der Waals surface area contributed by atoms with Gasteiger partial charge in [0.1, 0.15) is 0 Å². The van der Waals surface area contributed by atoms with Crippen LogP contribution in [0.4, 0.5) is 0 Å². The highest BCUT2D eigenvalue weighted by Crippen LogP contribution is 1.55. The molecule has 4 nitrogen and oxygen atoms in total. The Labute approximate surface area is 27.7 Å². The van der Waals surface area contributed by atoms with Gasteiger partial charge in [0.2, 0.25) is 0 Å². The van der Waals surface area contributed by atoms with E-state index < -0.39 is 0 Å². The van der Waals surface area contributed by atoms with E-state index in [4.69, 9.17) is 9.70 Å². The lowest BCUT2D eigenvalue weighted by atomic mass is 11.6. The number of hydrogen-bond acceptors (Lipinski definition) is 4. The number of carbonyl (C=O) groups excluding carboxylic acids is 1. The van der Waals surface area contributed by atoms with Crippen LogP contribution >= 0.6 is 0 Å². The Bertz CT molecular complexity index is 36.2. The summed E-state index contributed by atoms with van der Waals surface area (Å²) in [7, 11) is 0. The third-order valence-corrected chi connectivity index (χ3v) is 0.0745. The van der Waals surface area contributed by atoms with Crippen LogP contribution in [0.1, 0.15) is 0 Å². The molecule has 0 N–H and O–H groups in total. The lowest BCUT2D eigenvalue weighted by Gasteiger charge is -1.58. The van der Waals surface area contributed by atoms with Crippen LogP contribution in [0, 0.1) is 4.91 Å². The minimum atomic E-state index is 0.788. The van der Waals surface area contributed by atoms with E-state index >= 15 is 0 Å². The monoisotopic (exact) mass is 74.0 g/mol. The van der Waals surface area contributed by atoms with Crippen molar-refractivity contribution in [3.05, 3.63) is 4.91 Å². The van der Waals surface area contributed by atoms with Gasteiger partial charge in [0.15, 0.2) is 5.34 Å². The molecule has 0 amide bonds. The van der Waals surface area contributed by atoms with Crippen molar-refractivity contribution in [1.82, 2.24) is 0 Å². The van der Waals surface area contributed by atoms with Crippen LogP contribution in [0.25, 0.3) is 0 Å². The van der Waals surface area contributed by atoms with Crippen LogP contribution in [0.2, 0.25) is 0 Å². The van der Waals surface area contributed by atoms with Crippen LogP contribution in [-0.4, -0.2) is 6.47 Å². The fourth-order valence-corrected chi connectivity index (χ4v) is 0.0152. The Morgan fingerprint density at radius 1 is 1.80 bits per heavy atom. The Morgan fingerprint density at radius 2 is 2.40 bits per heavy atom. The predicted octanol–water partition coefficient (Wildman–Crippen LogP) is -0.248. The minimum absolute atomic E-state index is 0.788. The molecule has 0 heterocycles. The second-order valence-corrected chi connectivity index (χ2v) is 0.249. The Balaban J connectivity index is 2.65. The van der Waals surface area contributed by atoms with Crippen molar-refractivity contribution in [2.75, 3.05) is 0 Å². The molecule has 0 atom stereocenters. The molecule has 0 aliphatic carbocycles. The molecule has 0 fully saturated rings. The van der Waals surface area contributed by atoms with Gasteiger partial charge in [0, 0.05) is 0 Å². The van der Waals surface area contributed by atoms with Crippen molar-refractivity contribution in [2.24, 2.45) is 5.34 Å². The van der Waals surface area contributed by atoms with Crippen LogP contribution < -0.4 is 0 Å². The van der Waals surface area contributed by atoms with Crippen molar-refractivity contribution in [3.63, 3.8) is 0 Å². The van der Waals surface area contributed by atoms with E-state index in [-0.39, 0.29) is 0 Å². The molecular formula is CNO3. The number of rotatable bonds is 2. The average molecular weight is 74.0 g/mol. The first-order chi connectivity index (χ1) is 2.41. The van der Waals surface area contributed by atoms with Crippen LogP contribution in [0.5, 0.6) is 0 Å². The minimum Gasteiger partial charge on any atom is -0.271 e. The molecular weight excluding hydrogens is 74.0 g/mol. The summed E-state index contributed by atoms with van der Waals surface area (Å²) in [6.45, 7) is 0.788. The number of nitrogens with zero attached hydrogens (tertiary/aromatic N) is 1. The molecule has 0 bridgehead atoms. The van der Waals surface area contributed by atoms with E-state index in [1.165, 1.54) is 0 Å². The van der Waals surface area contributed by atoms with Gasteiger partial charge in [0.25, 0.3) is 0 Å². The molecule has 5 heavy (non-hydrogen) atoms. The number of hydrogen-bond donors (Lipinski definition) is 0. The quantitative estimate of drug-likeness (QED) is 0.335. The lowest BCUT2D eigenvalue weighted by molar-refractivity contribution is 0.290. The van der Waals surface area contributed by atoms with Gasteiger partial charge in [-0.2, -0.15) is 0 Å². The van der Waals surface area contributed by atoms with E-state index in [9.17, 15) is 0 Å². The molecule has 0 saturated carbocycles. The highest BCUT2D eigenvalue weighted by molar-refractivity contribution is 5.37. The van der Waals surface area contributed by atoms with Crippen molar-refractivity contribution in [1.29, 1.82) is 0 Å². The highest BCUT2D eigenvalue weighted by Gasteiger charge is 1.64. The SMILES string of the molecule is O=[C]ON=O. The molecule has 4 heteroatoms. The van der Waals surface area contributed by atoms with E-state index in [2.05, 4.69) is 4.84 Å². The molecule has 0 saturated heterocycles. The summed E-state index contributed by atoms with van der Waals surface area (Å²) in [5.41, 5.74) is 0. The van der Waals surface area contributed by atoms with Crippen molar-refractivity contribution >= 4 is 6.47 Å². The first-order valence-corrected chi connectivity index (χ1v) is 0.773. The first-order valence-electron chi connectivity index (χ1n) is 0.773. The third kappa shape index (κ3) is 3.07. The van der Waals surface area contributed by atoms with E-state index in [1.54, 1.807) is 5.34 Å². The maximum Gasteiger partial charge on any atom is 0.448 e. The van der Waals surface area contributed by atoms with Crippen molar-refractivity contribution in [2.45, 2.75) is 0 Å². The smallest absolute Gasteiger partial charge is 0.271 e. The Kier molecular flexibility index (Phi) is 2.50. The standard InChI is InChI=1S/CNO3/c3-1-5-2-4. The molecule has 27 valence electrons. The zero-order valence-corrected chi connectivity index (χ0v) is 2.17. The van der Waals surface area contributed by atoms with E-state index in [0.29, 0.717) is 0 Å². The van der Waals surface area contributed by atoms with Crippen molar-refractivity contribution < 1.29 is 9.63 Å². The van der Waals surface area contributed by atoms with Gasteiger partial charge < -0.3 is 0 Å². The maximum atomic E-state index is 8.76. The van der Waals surface area contributed by atoms with Gasteiger partial charge in [-0.05, 0) is 0 Å². The zero-order chi connectivity index (χ0) is 4.12. The van der Waals surface area contributed by atoms with Gasteiger partial charge in [-0.25, -0.2) is 4.79 Å². The fourth-order valence-electron chi connectivity index (χ4n) is 0.0152. The predicted molar refractivity (Wildman–Crippen MR) is 12.6 cm³/mol. The summed E-state index contributed by atoms with van der Waals surface area (Å²) in [6.07, 6.45) is 0. The zero-order valence-electron chi connectivity index (χ0n) is 2.17. The second-order valence-electron chi connectivity index (χ2n) is 0.249. The lowest BCUT2D eigenvalue weighted by Crippen LogP contribution is -1.66. The second kappa shape index (κ2) is 3.07. The molecule has 0 aliphatic rings. The van der Waals surface area contributed by atoms with Gasteiger partial charge in [-0.15, -0.1) is 4.91 Å².